The summed E-state index contributed by atoms with van der Waals surface area (Å²) < 4.78 is 4.81. The van der Waals surface area contributed by atoms with Gasteiger partial charge in [0.2, 0.25) is 0 Å². The van der Waals surface area contributed by atoms with Gasteiger partial charge in [-0.25, -0.2) is 0 Å². The van der Waals surface area contributed by atoms with Crippen molar-refractivity contribution < 1.29 is 14.9 Å². The maximum absolute atomic E-state index is 9.31. The van der Waals surface area contributed by atoms with Crippen molar-refractivity contribution in [1.82, 2.24) is 0 Å². The second kappa shape index (κ2) is 4.70. The van der Waals surface area contributed by atoms with Crippen LogP contribution < -0.4 is 0 Å². The number of aliphatic hydroxyl groups is 2. The first-order chi connectivity index (χ1) is 4.98. The van der Waals surface area contributed by atoms with Gasteiger partial charge in [-0.3, -0.25) is 0 Å². The molecule has 68 valence electrons. The van der Waals surface area contributed by atoms with E-state index in [4.69, 9.17) is 4.74 Å². The number of aliphatic hydroxyl groups excluding tert-OH is 1. The van der Waals surface area contributed by atoms with E-state index in [1.54, 1.807) is 21.0 Å². The van der Waals surface area contributed by atoms with Gasteiger partial charge in [0, 0.05) is 13.7 Å². The molecule has 0 saturated heterocycles. The molecule has 3 heteroatoms. The topological polar surface area (TPSA) is 49.7 Å². The summed E-state index contributed by atoms with van der Waals surface area (Å²) in [6.07, 6.45) is 0.705. The third kappa shape index (κ3) is 5.18. The molecule has 2 N–H and O–H groups in total. The molecule has 0 heterocycles. The molecule has 0 spiro atoms. The first-order valence-corrected chi connectivity index (χ1v) is 3.88. The van der Waals surface area contributed by atoms with E-state index in [2.05, 4.69) is 0 Å². The Labute approximate surface area is 68.0 Å². The average Bonchev–Trinajstić information content (AvgIpc) is 1.86. The van der Waals surface area contributed by atoms with Gasteiger partial charge in [0.1, 0.15) is 0 Å². The Morgan fingerprint density at radius 3 is 2.36 bits per heavy atom. The maximum Gasteiger partial charge on any atom is 0.0849 e. The Kier molecular flexibility index (Phi) is 4.65. The zero-order valence-corrected chi connectivity index (χ0v) is 7.50. The van der Waals surface area contributed by atoms with Crippen LogP contribution in [0, 0.1) is 0 Å². The van der Waals surface area contributed by atoms with Gasteiger partial charge in [0.25, 0.3) is 0 Å². The van der Waals surface area contributed by atoms with E-state index in [1.807, 2.05) is 0 Å². The quantitative estimate of drug-likeness (QED) is 0.580. The SMILES string of the molecule is COCCCC(O)C(C)(C)O. The molecule has 0 amide bonds. The largest absolute Gasteiger partial charge is 0.390 e. The molecule has 0 radical (unpaired) electrons. The van der Waals surface area contributed by atoms with Crippen LogP contribution >= 0.6 is 0 Å². The molecule has 0 rings (SSSR count). The lowest BCUT2D eigenvalue weighted by Crippen LogP contribution is -2.35. The number of methoxy groups -OCH3 is 1. The van der Waals surface area contributed by atoms with Gasteiger partial charge in [-0.2, -0.15) is 0 Å². The predicted molar refractivity (Wildman–Crippen MR) is 43.4 cm³/mol. The molecular formula is C8H18O3. The van der Waals surface area contributed by atoms with Crippen LogP contribution in [0.3, 0.4) is 0 Å². The van der Waals surface area contributed by atoms with Crippen molar-refractivity contribution in [1.29, 1.82) is 0 Å². The summed E-state index contributed by atoms with van der Waals surface area (Å²) >= 11 is 0. The molecule has 0 aromatic carbocycles. The van der Waals surface area contributed by atoms with E-state index < -0.39 is 11.7 Å². The van der Waals surface area contributed by atoms with Crippen LogP contribution in [-0.4, -0.2) is 35.6 Å². The highest BCUT2D eigenvalue weighted by Crippen LogP contribution is 2.12. The van der Waals surface area contributed by atoms with Crippen LogP contribution in [0.1, 0.15) is 26.7 Å². The normalized spacial score (nSPS) is 15.0. The van der Waals surface area contributed by atoms with E-state index in [1.165, 1.54) is 0 Å². The summed E-state index contributed by atoms with van der Waals surface area (Å²) in [5.41, 5.74) is -0.992. The van der Waals surface area contributed by atoms with E-state index >= 15 is 0 Å². The second-order valence-corrected chi connectivity index (χ2v) is 3.30. The van der Waals surface area contributed by atoms with Gasteiger partial charge in [-0.1, -0.05) is 0 Å². The number of hydrogen-bond donors (Lipinski definition) is 2. The molecule has 0 fully saturated rings. The van der Waals surface area contributed by atoms with Crippen LogP contribution in [0.25, 0.3) is 0 Å². The Morgan fingerprint density at radius 2 is 2.00 bits per heavy atom. The number of rotatable bonds is 5. The molecule has 0 bridgehead atoms. The Balaban J connectivity index is 3.44. The number of hydrogen-bond acceptors (Lipinski definition) is 3. The van der Waals surface area contributed by atoms with Gasteiger partial charge >= 0.3 is 0 Å². The van der Waals surface area contributed by atoms with E-state index in [0.29, 0.717) is 13.0 Å². The highest BCUT2D eigenvalue weighted by molar-refractivity contribution is 4.75. The molecule has 0 aliphatic carbocycles. The van der Waals surface area contributed by atoms with Gasteiger partial charge < -0.3 is 14.9 Å². The van der Waals surface area contributed by atoms with Crippen molar-refractivity contribution in [3.63, 3.8) is 0 Å². The molecule has 0 aliphatic rings. The van der Waals surface area contributed by atoms with Crippen molar-refractivity contribution in [2.75, 3.05) is 13.7 Å². The fraction of sp³-hybridized carbons (Fsp3) is 1.00. The highest BCUT2D eigenvalue weighted by Gasteiger charge is 2.23. The Bertz CT molecular complexity index is 96.0. The molecule has 1 atom stereocenters. The zero-order chi connectivity index (χ0) is 8.91. The maximum atomic E-state index is 9.31. The van der Waals surface area contributed by atoms with Gasteiger partial charge in [-0.05, 0) is 26.7 Å². The van der Waals surface area contributed by atoms with E-state index in [-0.39, 0.29) is 0 Å². The third-order valence-corrected chi connectivity index (χ3v) is 1.64. The van der Waals surface area contributed by atoms with E-state index in [9.17, 15) is 10.2 Å². The number of ether oxygens (including phenoxy) is 1. The van der Waals surface area contributed by atoms with Crippen molar-refractivity contribution in [3.8, 4) is 0 Å². The van der Waals surface area contributed by atoms with Crippen molar-refractivity contribution in [2.24, 2.45) is 0 Å². The minimum atomic E-state index is -0.992. The van der Waals surface area contributed by atoms with Crippen LogP contribution in [0.5, 0.6) is 0 Å². The van der Waals surface area contributed by atoms with Gasteiger partial charge in [-0.15, -0.1) is 0 Å². The minimum Gasteiger partial charge on any atom is -0.390 e. The lowest BCUT2D eigenvalue weighted by molar-refractivity contribution is -0.0538. The van der Waals surface area contributed by atoms with Crippen molar-refractivity contribution >= 4 is 0 Å². The summed E-state index contributed by atoms with van der Waals surface area (Å²) in [6, 6.07) is 0. The Morgan fingerprint density at radius 1 is 1.45 bits per heavy atom. The second-order valence-electron chi connectivity index (χ2n) is 3.30. The van der Waals surface area contributed by atoms with Crippen molar-refractivity contribution in [2.45, 2.75) is 38.4 Å². The molecule has 11 heavy (non-hydrogen) atoms. The Hall–Kier alpha value is -0.120. The third-order valence-electron chi connectivity index (χ3n) is 1.64. The molecule has 0 aromatic rings. The summed E-state index contributed by atoms with van der Waals surface area (Å²) in [5, 5.41) is 18.6. The smallest absolute Gasteiger partial charge is 0.0849 e. The van der Waals surface area contributed by atoms with Crippen LogP contribution in [0.15, 0.2) is 0 Å². The average molecular weight is 162 g/mol. The minimum absolute atomic E-state index is 0.581. The summed E-state index contributed by atoms with van der Waals surface area (Å²) in [6.45, 7) is 3.84. The van der Waals surface area contributed by atoms with E-state index in [0.717, 1.165) is 6.42 Å². The highest BCUT2D eigenvalue weighted by atomic mass is 16.5. The van der Waals surface area contributed by atoms with Crippen LogP contribution in [0.4, 0.5) is 0 Å². The monoisotopic (exact) mass is 162 g/mol. The predicted octanol–water partition coefficient (Wildman–Crippen LogP) is 0.545. The fourth-order valence-electron chi connectivity index (χ4n) is 0.774. The summed E-state index contributed by atoms with van der Waals surface area (Å²) in [7, 11) is 1.62. The van der Waals surface area contributed by atoms with Gasteiger partial charge in [0.15, 0.2) is 0 Å². The van der Waals surface area contributed by atoms with Gasteiger partial charge in [0.05, 0.1) is 11.7 Å². The molecule has 0 saturated carbocycles. The lowest BCUT2D eigenvalue weighted by Gasteiger charge is -2.24. The fourth-order valence-corrected chi connectivity index (χ4v) is 0.774. The first-order valence-electron chi connectivity index (χ1n) is 3.88. The standard InChI is InChI=1S/C8H18O3/c1-8(2,10)7(9)5-4-6-11-3/h7,9-10H,4-6H2,1-3H3. The summed E-state index contributed by atoms with van der Waals surface area (Å²) in [4.78, 5) is 0. The molecule has 3 nitrogen and oxygen atoms in total. The van der Waals surface area contributed by atoms with Crippen LogP contribution in [-0.2, 0) is 4.74 Å². The lowest BCUT2D eigenvalue weighted by atomic mass is 9.98. The van der Waals surface area contributed by atoms with Crippen LogP contribution in [0.2, 0.25) is 0 Å². The first kappa shape index (κ1) is 10.9. The molecule has 1 unspecified atom stereocenters. The molecule has 0 aromatic heterocycles. The summed E-state index contributed by atoms with van der Waals surface area (Å²) in [5.74, 6) is 0. The molecular weight excluding hydrogens is 144 g/mol. The van der Waals surface area contributed by atoms with Crippen molar-refractivity contribution in [3.05, 3.63) is 0 Å². The zero-order valence-electron chi connectivity index (χ0n) is 7.50. The molecule has 0 aliphatic heterocycles.